The maximum absolute atomic E-state index is 12.9. The highest BCUT2D eigenvalue weighted by Gasteiger charge is 2.24. The first-order valence-electron chi connectivity index (χ1n) is 8.35. The first kappa shape index (κ1) is 17.6. The number of anilines is 1. The van der Waals surface area contributed by atoms with Gasteiger partial charge in [-0.15, -0.1) is 0 Å². The molecule has 5 nitrogen and oxygen atoms in total. The first-order chi connectivity index (χ1) is 12.7. The van der Waals surface area contributed by atoms with Gasteiger partial charge in [-0.1, -0.05) is 48.5 Å². The molecule has 0 unspecified atom stereocenters. The monoisotopic (exact) mass is 348 g/mol. The molecule has 0 bridgehead atoms. The molecule has 0 saturated heterocycles. The minimum Gasteiger partial charge on any atom is -0.383 e. The summed E-state index contributed by atoms with van der Waals surface area (Å²) >= 11 is 0. The SMILES string of the molecule is COCCn1ccc(-c2ccccc2)c1C(=O)C(=O)Nc1ccccc1. The number of ketones is 1. The molecule has 0 radical (unpaired) electrons. The number of hydrogen-bond acceptors (Lipinski definition) is 3. The highest BCUT2D eigenvalue weighted by molar-refractivity contribution is 6.47. The zero-order valence-corrected chi connectivity index (χ0v) is 14.5. The third-order valence-electron chi connectivity index (χ3n) is 4.04. The molecule has 0 saturated carbocycles. The molecule has 1 heterocycles. The number of Topliss-reactive ketones (excluding diaryl/α,β-unsaturated/α-hetero) is 1. The zero-order valence-electron chi connectivity index (χ0n) is 14.5. The van der Waals surface area contributed by atoms with E-state index in [0.717, 1.165) is 11.1 Å². The van der Waals surface area contributed by atoms with E-state index >= 15 is 0 Å². The summed E-state index contributed by atoms with van der Waals surface area (Å²) in [6.45, 7) is 0.937. The van der Waals surface area contributed by atoms with E-state index in [1.807, 2.05) is 48.7 Å². The maximum Gasteiger partial charge on any atom is 0.298 e. The quantitative estimate of drug-likeness (QED) is 0.524. The van der Waals surface area contributed by atoms with Crippen LogP contribution < -0.4 is 5.32 Å². The van der Waals surface area contributed by atoms with Crippen molar-refractivity contribution in [3.05, 3.63) is 78.6 Å². The van der Waals surface area contributed by atoms with Crippen molar-refractivity contribution >= 4 is 17.4 Å². The van der Waals surface area contributed by atoms with Crippen molar-refractivity contribution in [2.24, 2.45) is 0 Å². The third kappa shape index (κ3) is 3.90. The van der Waals surface area contributed by atoms with Crippen LogP contribution in [0.4, 0.5) is 5.69 Å². The molecule has 5 heteroatoms. The van der Waals surface area contributed by atoms with Crippen molar-refractivity contribution in [1.29, 1.82) is 0 Å². The number of ether oxygens (including phenoxy) is 1. The molecule has 3 aromatic rings. The Morgan fingerprint density at radius 1 is 0.962 bits per heavy atom. The smallest absolute Gasteiger partial charge is 0.298 e. The number of hydrogen-bond donors (Lipinski definition) is 1. The first-order valence-corrected chi connectivity index (χ1v) is 8.35. The number of nitrogens with zero attached hydrogens (tertiary/aromatic N) is 1. The van der Waals surface area contributed by atoms with Gasteiger partial charge in [0, 0.05) is 31.1 Å². The lowest BCUT2D eigenvalue weighted by Gasteiger charge is -2.11. The van der Waals surface area contributed by atoms with Crippen LogP contribution in [0.5, 0.6) is 0 Å². The molecule has 132 valence electrons. The van der Waals surface area contributed by atoms with Crippen molar-refractivity contribution in [3.8, 4) is 11.1 Å². The fourth-order valence-electron chi connectivity index (χ4n) is 2.77. The van der Waals surface area contributed by atoms with E-state index in [2.05, 4.69) is 5.32 Å². The van der Waals surface area contributed by atoms with Gasteiger partial charge in [-0.3, -0.25) is 9.59 Å². The Balaban J connectivity index is 1.94. The average Bonchev–Trinajstić information content (AvgIpc) is 3.11. The number of amides is 1. The zero-order chi connectivity index (χ0) is 18.4. The molecule has 0 atom stereocenters. The fraction of sp³-hybridized carbons (Fsp3) is 0.143. The van der Waals surface area contributed by atoms with Crippen LogP contribution >= 0.6 is 0 Å². The van der Waals surface area contributed by atoms with E-state index in [1.54, 1.807) is 35.9 Å². The topological polar surface area (TPSA) is 60.3 Å². The summed E-state index contributed by atoms with van der Waals surface area (Å²) in [6, 6.07) is 20.3. The lowest BCUT2D eigenvalue weighted by molar-refractivity contribution is -0.112. The largest absolute Gasteiger partial charge is 0.383 e. The van der Waals surface area contributed by atoms with E-state index in [9.17, 15) is 9.59 Å². The summed E-state index contributed by atoms with van der Waals surface area (Å²) in [4.78, 5) is 25.4. The average molecular weight is 348 g/mol. The van der Waals surface area contributed by atoms with Gasteiger partial charge >= 0.3 is 0 Å². The highest BCUT2D eigenvalue weighted by atomic mass is 16.5. The summed E-state index contributed by atoms with van der Waals surface area (Å²) in [5.74, 6) is -1.24. The van der Waals surface area contributed by atoms with E-state index < -0.39 is 11.7 Å². The van der Waals surface area contributed by atoms with Crippen molar-refractivity contribution < 1.29 is 14.3 Å². The van der Waals surface area contributed by atoms with Gasteiger partial charge in [0.05, 0.1) is 6.61 Å². The van der Waals surface area contributed by atoms with Gasteiger partial charge in [-0.25, -0.2) is 0 Å². The molecule has 0 aliphatic carbocycles. The Labute approximate surface area is 152 Å². The van der Waals surface area contributed by atoms with Crippen LogP contribution in [0.15, 0.2) is 72.9 Å². The molecule has 26 heavy (non-hydrogen) atoms. The summed E-state index contributed by atoms with van der Waals surface area (Å²) in [7, 11) is 1.60. The van der Waals surface area contributed by atoms with Crippen molar-refractivity contribution in [1.82, 2.24) is 4.57 Å². The number of carbonyl (C=O) groups excluding carboxylic acids is 2. The number of carbonyl (C=O) groups is 2. The number of benzene rings is 2. The van der Waals surface area contributed by atoms with Gasteiger partial charge in [0.25, 0.3) is 11.7 Å². The second-order valence-corrected chi connectivity index (χ2v) is 5.78. The Morgan fingerprint density at radius 2 is 1.62 bits per heavy atom. The molecule has 0 spiro atoms. The van der Waals surface area contributed by atoms with Crippen LogP contribution in [0, 0.1) is 0 Å². The molecule has 3 rings (SSSR count). The summed E-state index contributed by atoms with van der Waals surface area (Å²) in [5.41, 5.74) is 2.57. The second kappa shape index (κ2) is 8.27. The summed E-state index contributed by atoms with van der Waals surface area (Å²) in [6.07, 6.45) is 1.81. The van der Waals surface area contributed by atoms with Gasteiger partial charge in [-0.05, 0) is 23.8 Å². The summed E-state index contributed by atoms with van der Waals surface area (Å²) < 4.78 is 6.88. The van der Waals surface area contributed by atoms with E-state index in [0.29, 0.717) is 24.5 Å². The Morgan fingerprint density at radius 3 is 2.27 bits per heavy atom. The number of nitrogens with one attached hydrogen (secondary N) is 1. The minimum atomic E-state index is -0.661. The van der Waals surface area contributed by atoms with E-state index in [-0.39, 0.29) is 0 Å². The molecule has 1 N–H and O–H groups in total. The van der Waals surface area contributed by atoms with Crippen LogP contribution in [0.1, 0.15) is 10.5 Å². The Kier molecular flexibility index (Phi) is 5.61. The number of aromatic nitrogens is 1. The number of para-hydroxylation sites is 1. The minimum absolute atomic E-state index is 0.363. The molecule has 0 fully saturated rings. The van der Waals surface area contributed by atoms with Crippen molar-refractivity contribution in [2.45, 2.75) is 6.54 Å². The van der Waals surface area contributed by atoms with Gasteiger partial charge in [0.1, 0.15) is 5.69 Å². The van der Waals surface area contributed by atoms with E-state index in [1.165, 1.54) is 0 Å². The number of rotatable bonds is 7. The van der Waals surface area contributed by atoms with Crippen LogP contribution in [0.2, 0.25) is 0 Å². The molecular weight excluding hydrogens is 328 g/mol. The molecule has 1 aromatic heterocycles. The van der Waals surface area contributed by atoms with Gasteiger partial charge in [0.2, 0.25) is 0 Å². The molecule has 0 aliphatic heterocycles. The van der Waals surface area contributed by atoms with Crippen molar-refractivity contribution in [2.75, 3.05) is 19.0 Å². The Bertz CT molecular complexity index is 886. The third-order valence-corrected chi connectivity index (χ3v) is 4.04. The molecule has 2 aromatic carbocycles. The molecule has 0 aliphatic rings. The highest BCUT2D eigenvalue weighted by Crippen LogP contribution is 2.26. The molecule has 1 amide bonds. The fourth-order valence-corrected chi connectivity index (χ4v) is 2.77. The van der Waals surface area contributed by atoms with Crippen molar-refractivity contribution in [3.63, 3.8) is 0 Å². The lowest BCUT2D eigenvalue weighted by Crippen LogP contribution is -2.26. The van der Waals surface area contributed by atoms with E-state index in [4.69, 9.17) is 4.74 Å². The van der Waals surface area contributed by atoms with Crippen LogP contribution in [-0.4, -0.2) is 30.0 Å². The Hall–Kier alpha value is -3.18. The van der Waals surface area contributed by atoms with Crippen LogP contribution in [-0.2, 0) is 16.1 Å². The molecular formula is C21H20N2O3. The second-order valence-electron chi connectivity index (χ2n) is 5.78. The predicted octanol–water partition coefficient (Wildman–Crippen LogP) is 3.62. The number of methoxy groups -OCH3 is 1. The van der Waals surface area contributed by atoms with Crippen LogP contribution in [0.25, 0.3) is 11.1 Å². The van der Waals surface area contributed by atoms with Gasteiger partial charge < -0.3 is 14.6 Å². The van der Waals surface area contributed by atoms with Gasteiger partial charge in [-0.2, -0.15) is 0 Å². The van der Waals surface area contributed by atoms with Gasteiger partial charge in [0.15, 0.2) is 0 Å². The summed E-state index contributed by atoms with van der Waals surface area (Å²) in [5, 5.41) is 2.66. The maximum atomic E-state index is 12.9. The normalized spacial score (nSPS) is 10.5. The lowest BCUT2D eigenvalue weighted by atomic mass is 10.0. The standard InChI is InChI=1S/C21H20N2O3/c1-26-15-14-23-13-12-18(16-8-4-2-5-9-16)19(23)20(24)21(25)22-17-10-6-3-7-11-17/h2-13H,14-15H2,1H3,(H,22,25). The predicted molar refractivity (Wildman–Crippen MR) is 101 cm³/mol. The van der Waals surface area contributed by atoms with Crippen LogP contribution in [0.3, 0.4) is 0 Å².